The molecule has 0 atom stereocenters. The summed E-state index contributed by atoms with van der Waals surface area (Å²) >= 11 is 0. The standard InChI is InChI=1S/C23H22N2/c1(2-12-22-20-10-6-4-8-18(20)14-16-24-22)3-13-23-21-11-7-5-9-19(21)15-17-25-23/h4-11,14-17H,1-3,12-13H2. The Morgan fingerprint density at radius 3 is 1.52 bits per heavy atom. The first-order valence-corrected chi connectivity index (χ1v) is 9.07. The zero-order chi connectivity index (χ0) is 16.9. The van der Waals surface area contributed by atoms with Crippen molar-refractivity contribution >= 4 is 21.5 Å². The number of benzene rings is 2. The Morgan fingerprint density at radius 1 is 0.520 bits per heavy atom. The molecular weight excluding hydrogens is 304 g/mol. The van der Waals surface area contributed by atoms with Crippen LogP contribution in [0.15, 0.2) is 73.1 Å². The molecule has 4 aromatic rings. The topological polar surface area (TPSA) is 25.8 Å². The van der Waals surface area contributed by atoms with Crippen molar-refractivity contribution in [3.05, 3.63) is 84.4 Å². The second kappa shape index (κ2) is 7.43. The van der Waals surface area contributed by atoms with Crippen LogP contribution in [0.25, 0.3) is 21.5 Å². The lowest BCUT2D eigenvalue weighted by atomic mass is 10.0. The number of fused-ring (bicyclic) bond motifs is 2. The van der Waals surface area contributed by atoms with Crippen molar-refractivity contribution in [1.82, 2.24) is 9.97 Å². The molecule has 0 fully saturated rings. The van der Waals surface area contributed by atoms with Gasteiger partial charge in [-0.25, -0.2) is 0 Å². The van der Waals surface area contributed by atoms with Crippen molar-refractivity contribution < 1.29 is 0 Å². The van der Waals surface area contributed by atoms with Gasteiger partial charge in [-0.2, -0.15) is 0 Å². The van der Waals surface area contributed by atoms with E-state index in [4.69, 9.17) is 0 Å². The van der Waals surface area contributed by atoms with Gasteiger partial charge in [0, 0.05) is 34.6 Å². The van der Waals surface area contributed by atoms with Gasteiger partial charge in [0.15, 0.2) is 0 Å². The van der Waals surface area contributed by atoms with Crippen LogP contribution in [-0.2, 0) is 12.8 Å². The fourth-order valence-electron chi connectivity index (χ4n) is 3.52. The van der Waals surface area contributed by atoms with E-state index >= 15 is 0 Å². The van der Waals surface area contributed by atoms with Gasteiger partial charge in [-0.15, -0.1) is 0 Å². The summed E-state index contributed by atoms with van der Waals surface area (Å²) in [5, 5.41) is 5.15. The first kappa shape index (κ1) is 15.8. The number of unbranched alkanes of at least 4 members (excludes halogenated alkanes) is 2. The molecule has 0 N–H and O–H groups in total. The Bertz CT molecular complexity index is 899. The van der Waals surface area contributed by atoms with E-state index in [1.165, 1.54) is 52.2 Å². The van der Waals surface area contributed by atoms with Crippen LogP contribution in [0.3, 0.4) is 0 Å². The predicted molar refractivity (Wildman–Crippen MR) is 105 cm³/mol. The van der Waals surface area contributed by atoms with Gasteiger partial charge in [-0.05, 0) is 48.6 Å². The minimum Gasteiger partial charge on any atom is -0.261 e. The zero-order valence-electron chi connectivity index (χ0n) is 14.4. The monoisotopic (exact) mass is 326 g/mol. The van der Waals surface area contributed by atoms with Gasteiger partial charge in [0.05, 0.1) is 0 Å². The van der Waals surface area contributed by atoms with Crippen molar-refractivity contribution in [1.29, 1.82) is 0 Å². The van der Waals surface area contributed by atoms with Gasteiger partial charge in [-0.3, -0.25) is 9.97 Å². The quantitative estimate of drug-likeness (QED) is 0.422. The highest BCUT2D eigenvalue weighted by atomic mass is 14.7. The van der Waals surface area contributed by atoms with Crippen LogP contribution < -0.4 is 0 Å². The fraction of sp³-hybridized carbons (Fsp3) is 0.217. The largest absolute Gasteiger partial charge is 0.261 e. The lowest BCUT2D eigenvalue weighted by Gasteiger charge is -2.07. The molecule has 2 heteroatoms. The van der Waals surface area contributed by atoms with Crippen LogP contribution in [0.1, 0.15) is 30.7 Å². The Morgan fingerprint density at radius 2 is 1.00 bits per heavy atom. The summed E-state index contributed by atoms with van der Waals surface area (Å²) in [5.41, 5.74) is 2.45. The van der Waals surface area contributed by atoms with Crippen LogP contribution in [0.4, 0.5) is 0 Å². The third kappa shape index (κ3) is 3.53. The predicted octanol–water partition coefficient (Wildman–Crippen LogP) is 5.74. The first-order chi connectivity index (χ1) is 12.4. The molecule has 0 bridgehead atoms. The Balaban J connectivity index is 1.35. The van der Waals surface area contributed by atoms with Gasteiger partial charge >= 0.3 is 0 Å². The number of hydrogen-bond acceptors (Lipinski definition) is 2. The first-order valence-electron chi connectivity index (χ1n) is 9.07. The maximum absolute atomic E-state index is 4.59. The smallest absolute Gasteiger partial charge is 0.0481 e. The molecule has 2 aromatic carbocycles. The van der Waals surface area contributed by atoms with E-state index < -0.39 is 0 Å². The molecule has 2 aromatic heterocycles. The van der Waals surface area contributed by atoms with Crippen LogP contribution >= 0.6 is 0 Å². The number of hydrogen-bond donors (Lipinski definition) is 0. The van der Waals surface area contributed by atoms with Gasteiger partial charge in [0.25, 0.3) is 0 Å². The van der Waals surface area contributed by atoms with Crippen molar-refractivity contribution in [3.63, 3.8) is 0 Å². The van der Waals surface area contributed by atoms with Crippen LogP contribution in [-0.4, -0.2) is 9.97 Å². The molecule has 0 radical (unpaired) electrons. The van der Waals surface area contributed by atoms with Gasteiger partial charge in [0.1, 0.15) is 0 Å². The molecule has 25 heavy (non-hydrogen) atoms. The maximum atomic E-state index is 4.59. The molecular formula is C23H22N2. The van der Waals surface area contributed by atoms with Crippen LogP contribution in [0.5, 0.6) is 0 Å². The van der Waals surface area contributed by atoms with E-state index in [0.717, 1.165) is 12.8 Å². The molecule has 2 heterocycles. The summed E-state index contributed by atoms with van der Waals surface area (Å²) in [6, 6.07) is 21.2. The van der Waals surface area contributed by atoms with Crippen LogP contribution in [0, 0.1) is 0 Å². The average Bonchev–Trinajstić information content (AvgIpc) is 2.68. The maximum Gasteiger partial charge on any atom is 0.0481 e. The number of aromatic nitrogens is 2. The molecule has 0 aliphatic heterocycles. The molecule has 0 amide bonds. The average molecular weight is 326 g/mol. The summed E-state index contributed by atoms with van der Waals surface area (Å²) in [5.74, 6) is 0. The van der Waals surface area contributed by atoms with Crippen molar-refractivity contribution in [3.8, 4) is 0 Å². The van der Waals surface area contributed by atoms with Crippen molar-refractivity contribution in [2.24, 2.45) is 0 Å². The van der Waals surface area contributed by atoms with Gasteiger partial charge < -0.3 is 0 Å². The summed E-state index contributed by atoms with van der Waals surface area (Å²) in [7, 11) is 0. The number of aryl methyl sites for hydroxylation is 2. The van der Waals surface area contributed by atoms with Gasteiger partial charge in [-0.1, -0.05) is 55.0 Å². The Kier molecular flexibility index (Phi) is 4.69. The van der Waals surface area contributed by atoms with E-state index in [1.807, 2.05) is 12.4 Å². The van der Waals surface area contributed by atoms with E-state index in [2.05, 4.69) is 70.6 Å². The molecule has 0 aliphatic carbocycles. The summed E-state index contributed by atoms with van der Waals surface area (Å²) in [6.45, 7) is 0. The highest BCUT2D eigenvalue weighted by Crippen LogP contribution is 2.20. The normalized spacial score (nSPS) is 11.2. The van der Waals surface area contributed by atoms with Crippen LogP contribution in [0.2, 0.25) is 0 Å². The Hall–Kier alpha value is -2.74. The van der Waals surface area contributed by atoms with Gasteiger partial charge in [0.2, 0.25) is 0 Å². The molecule has 0 spiro atoms. The highest BCUT2D eigenvalue weighted by Gasteiger charge is 2.04. The van der Waals surface area contributed by atoms with E-state index in [-0.39, 0.29) is 0 Å². The third-order valence-electron chi connectivity index (χ3n) is 4.84. The fourth-order valence-corrected chi connectivity index (χ4v) is 3.52. The minimum absolute atomic E-state index is 1.05. The number of nitrogens with zero attached hydrogens (tertiary/aromatic N) is 2. The SMILES string of the molecule is c1ccc2c(CCCCCc3nccc4ccccc34)nccc2c1. The van der Waals surface area contributed by atoms with E-state index in [1.54, 1.807) is 0 Å². The molecule has 2 nitrogen and oxygen atoms in total. The molecule has 0 saturated carbocycles. The molecule has 0 saturated heterocycles. The summed E-state index contributed by atoms with van der Waals surface area (Å²) < 4.78 is 0. The van der Waals surface area contributed by atoms with Crippen molar-refractivity contribution in [2.45, 2.75) is 32.1 Å². The summed E-state index contributed by atoms with van der Waals surface area (Å²) in [6.07, 6.45) is 9.50. The second-order valence-corrected chi connectivity index (χ2v) is 6.52. The third-order valence-corrected chi connectivity index (χ3v) is 4.84. The lowest BCUT2D eigenvalue weighted by Crippen LogP contribution is -1.95. The number of pyridine rings is 2. The van der Waals surface area contributed by atoms with Crippen molar-refractivity contribution in [2.75, 3.05) is 0 Å². The molecule has 124 valence electrons. The summed E-state index contributed by atoms with van der Waals surface area (Å²) in [4.78, 5) is 9.18. The lowest BCUT2D eigenvalue weighted by molar-refractivity contribution is 0.669. The highest BCUT2D eigenvalue weighted by molar-refractivity contribution is 5.84. The molecule has 0 aliphatic rings. The molecule has 0 unspecified atom stereocenters. The minimum atomic E-state index is 1.05. The van der Waals surface area contributed by atoms with E-state index in [9.17, 15) is 0 Å². The second-order valence-electron chi connectivity index (χ2n) is 6.52. The Labute approximate surface area is 148 Å². The zero-order valence-corrected chi connectivity index (χ0v) is 14.4. The molecule has 4 rings (SSSR count). The van der Waals surface area contributed by atoms with E-state index in [0.29, 0.717) is 0 Å². The number of rotatable bonds is 6.